The van der Waals surface area contributed by atoms with Crippen LogP contribution in [0, 0.1) is 0 Å². The zero-order chi connectivity index (χ0) is 10.6. The minimum Gasteiger partial charge on any atom is -0.398 e. The first-order valence-electron chi connectivity index (χ1n) is 4.42. The van der Waals surface area contributed by atoms with E-state index in [1.165, 1.54) is 6.07 Å². The number of benzene rings is 1. The van der Waals surface area contributed by atoms with Crippen molar-refractivity contribution in [2.75, 3.05) is 12.3 Å². The molecule has 0 atom stereocenters. The number of hydrogen-bond acceptors (Lipinski definition) is 3. The van der Waals surface area contributed by atoms with Crippen molar-refractivity contribution in [3.63, 3.8) is 0 Å². The predicted octanol–water partition coefficient (Wildman–Crippen LogP) is 0.957. The highest BCUT2D eigenvalue weighted by Gasteiger charge is 2.15. The quantitative estimate of drug-likeness (QED) is 0.733. The Hall–Kier alpha value is -1.07. The summed E-state index contributed by atoms with van der Waals surface area (Å²) in [5.74, 6) is 0. The summed E-state index contributed by atoms with van der Waals surface area (Å²) in [7, 11) is -3.43. The number of nitrogens with two attached hydrogens (primary N) is 1. The number of hydrogen-bond donors (Lipinski definition) is 2. The van der Waals surface area contributed by atoms with Gasteiger partial charge in [0.15, 0.2) is 0 Å². The lowest BCUT2D eigenvalue weighted by atomic mass is 10.3. The Labute approximate surface area is 84.2 Å². The summed E-state index contributed by atoms with van der Waals surface area (Å²) >= 11 is 0. The molecule has 0 saturated heterocycles. The first kappa shape index (κ1) is 11.0. The lowest BCUT2D eigenvalue weighted by molar-refractivity contribution is 0.581. The van der Waals surface area contributed by atoms with E-state index in [0.717, 1.165) is 6.42 Å². The van der Waals surface area contributed by atoms with Crippen LogP contribution >= 0.6 is 0 Å². The van der Waals surface area contributed by atoms with Crippen molar-refractivity contribution in [1.29, 1.82) is 0 Å². The average Bonchev–Trinajstić information content (AvgIpc) is 2.15. The highest BCUT2D eigenvalue weighted by atomic mass is 32.2. The summed E-state index contributed by atoms with van der Waals surface area (Å²) in [6, 6.07) is 6.42. The molecule has 0 amide bonds. The molecule has 1 aromatic rings. The number of rotatable bonds is 4. The molecule has 0 aliphatic carbocycles. The fraction of sp³-hybridized carbons (Fsp3) is 0.333. The topological polar surface area (TPSA) is 72.2 Å². The van der Waals surface area contributed by atoms with Gasteiger partial charge in [-0.3, -0.25) is 0 Å². The molecule has 1 aromatic carbocycles. The SMILES string of the molecule is CCCNS(=O)(=O)c1ccccc1N. The van der Waals surface area contributed by atoms with Crippen LogP contribution in [0.15, 0.2) is 29.2 Å². The van der Waals surface area contributed by atoms with E-state index in [2.05, 4.69) is 4.72 Å². The van der Waals surface area contributed by atoms with Gasteiger partial charge in [0, 0.05) is 6.54 Å². The zero-order valence-corrected chi connectivity index (χ0v) is 8.84. The molecule has 4 nitrogen and oxygen atoms in total. The molecule has 0 radical (unpaired) electrons. The normalized spacial score (nSPS) is 11.5. The lowest BCUT2D eigenvalue weighted by Crippen LogP contribution is -2.25. The first-order valence-corrected chi connectivity index (χ1v) is 5.90. The second-order valence-corrected chi connectivity index (χ2v) is 4.67. The lowest BCUT2D eigenvalue weighted by Gasteiger charge is -2.07. The maximum absolute atomic E-state index is 11.6. The minimum absolute atomic E-state index is 0.147. The highest BCUT2D eigenvalue weighted by molar-refractivity contribution is 7.89. The number of para-hydroxylation sites is 1. The van der Waals surface area contributed by atoms with Crippen molar-refractivity contribution in [1.82, 2.24) is 4.72 Å². The third-order valence-corrected chi connectivity index (χ3v) is 3.29. The molecule has 0 fully saturated rings. The molecule has 0 unspecified atom stereocenters. The standard InChI is InChI=1S/C9H14N2O2S/c1-2-7-11-14(12,13)9-6-4-3-5-8(9)10/h3-6,11H,2,7,10H2,1H3. The van der Waals surface area contributed by atoms with Gasteiger partial charge in [0.05, 0.1) is 5.69 Å². The van der Waals surface area contributed by atoms with E-state index >= 15 is 0 Å². The molecule has 0 saturated carbocycles. The fourth-order valence-corrected chi connectivity index (χ4v) is 2.30. The van der Waals surface area contributed by atoms with Gasteiger partial charge in [-0.05, 0) is 18.6 Å². The second kappa shape index (κ2) is 4.43. The van der Waals surface area contributed by atoms with Crippen molar-refractivity contribution in [3.05, 3.63) is 24.3 Å². The molecular formula is C9H14N2O2S. The molecule has 5 heteroatoms. The van der Waals surface area contributed by atoms with E-state index in [0.29, 0.717) is 6.54 Å². The molecular weight excluding hydrogens is 200 g/mol. The molecule has 1 rings (SSSR count). The predicted molar refractivity (Wildman–Crippen MR) is 56.3 cm³/mol. The summed E-state index contributed by atoms with van der Waals surface area (Å²) in [4.78, 5) is 0.147. The maximum atomic E-state index is 11.6. The van der Waals surface area contributed by atoms with Crippen LogP contribution in [0.1, 0.15) is 13.3 Å². The molecule has 0 spiro atoms. The average molecular weight is 214 g/mol. The Kier molecular flexibility index (Phi) is 3.49. The van der Waals surface area contributed by atoms with Crippen LogP contribution < -0.4 is 10.5 Å². The maximum Gasteiger partial charge on any atom is 0.242 e. The van der Waals surface area contributed by atoms with Gasteiger partial charge in [0.25, 0.3) is 0 Å². The molecule has 78 valence electrons. The zero-order valence-electron chi connectivity index (χ0n) is 8.03. The van der Waals surface area contributed by atoms with Gasteiger partial charge in [-0.25, -0.2) is 13.1 Å². The van der Waals surface area contributed by atoms with Gasteiger partial charge in [0.2, 0.25) is 10.0 Å². The fourth-order valence-electron chi connectivity index (χ4n) is 1.04. The molecule has 0 aliphatic rings. The Morgan fingerprint density at radius 1 is 1.36 bits per heavy atom. The van der Waals surface area contributed by atoms with Crippen LogP contribution in [0.5, 0.6) is 0 Å². The van der Waals surface area contributed by atoms with Gasteiger partial charge in [0.1, 0.15) is 4.90 Å². The van der Waals surface area contributed by atoms with Crippen molar-refractivity contribution >= 4 is 15.7 Å². The highest BCUT2D eigenvalue weighted by Crippen LogP contribution is 2.16. The van der Waals surface area contributed by atoms with Crippen LogP contribution in [-0.4, -0.2) is 15.0 Å². The molecule has 0 heterocycles. The van der Waals surface area contributed by atoms with Crippen LogP contribution in [0.3, 0.4) is 0 Å². The van der Waals surface area contributed by atoms with Crippen LogP contribution in [0.4, 0.5) is 5.69 Å². The van der Waals surface area contributed by atoms with Crippen molar-refractivity contribution < 1.29 is 8.42 Å². The van der Waals surface area contributed by atoms with E-state index in [-0.39, 0.29) is 10.6 Å². The van der Waals surface area contributed by atoms with E-state index in [1.807, 2.05) is 6.92 Å². The number of sulfonamides is 1. The Morgan fingerprint density at radius 3 is 2.57 bits per heavy atom. The number of nitrogens with one attached hydrogen (secondary N) is 1. The summed E-state index contributed by atoms with van der Waals surface area (Å²) in [6.45, 7) is 2.33. The van der Waals surface area contributed by atoms with E-state index in [1.54, 1.807) is 18.2 Å². The van der Waals surface area contributed by atoms with Crippen LogP contribution in [0.2, 0.25) is 0 Å². The first-order chi connectivity index (χ1) is 6.58. The van der Waals surface area contributed by atoms with Gasteiger partial charge in [-0.2, -0.15) is 0 Å². The van der Waals surface area contributed by atoms with Gasteiger partial charge < -0.3 is 5.73 Å². The van der Waals surface area contributed by atoms with E-state index in [9.17, 15) is 8.42 Å². The Morgan fingerprint density at radius 2 is 2.00 bits per heavy atom. The van der Waals surface area contributed by atoms with Gasteiger partial charge in [-0.15, -0.1) is 0 Å². The third-order valence-electron chi connectivity index (χ3n) is 1.75. The van der Waals surface area contributed by atoms with Gasteiger partial charge in [-0.1, -0.05) is 19.1 Å². The molecule has 0 aromatic heterocycles. The Balaban J connectivity index is 2.99. The molecule has 14 heavy (non-hydrogen) atoms. The summed E-state index contributed by atoms with van der Waals surface area (Å²) in [6.07, 6.45) is 0.756. The monoisotopic (exact) mass is 214 g/mol. The molecule has 0 aliphatic heterocycles. The van der Waals surface area contributed by atoms with Crippen LogP contribution in [-0.2, 0) is 10.0 Å². The second-order valence-electron chi connectivity index (χ2n) is 2.94. The number of anilines is 1. The van der Waals surface area contributed by atoms with E-state index < -0.39 is 10.0 Å². The van der Waals surface area contributed by atoms with Crippen molar-refractivity contribution in [2.45, 2.75) is 18.2 Å². The molecule has 0 bridgehead atoms. The summed E-state index contributed by atoms with van der Waals surface area (Å²) in [5.41, 5.74) is 5.83. The van der Waals surface area contributed by atoms with Gasteiger partial charge >= 0.3 is 0 Å². The third kappa shape index (κ3) is 2.46. The summed E-state index contributed by atoms with van der Waals surface area (Å²) < 4.78 is 25.7. The molecule has 3 N–H and O–H groups in total. The smallest absolute Gasteiger partial charge is 0.242 e. The van der Waals surface area contributed by atoms with Crippen LogP contribution in [0.25, 0.3) is 0 Å². The Bertz CT molecular complexity index is 401. The summed E-state index contributed by atoms with van der Waals surface area (Å²) in [5, 5.41) is 0. The van der Waals surface area contributed by atoms with Crippen molar-refractivity contribution in [3.8, 4) is 0 Å². The minimum atomic E-state index is -3.43. The number of nitrogen functional groups attached to an aromatic ring is 1. The van der Waals surface area contributed by atoms with Crippen molar-refractivity contribution in [2.24, 2.45) is 0 Å². The van der Waals surface area contributed by atoms with E-state index in [4.69, 9.17) is 5.73 Å². The largest absolute Gasteiger partial charge is 0.398 e.